The second kappa shape index (κ2) is 7.02. The Bertz CT molecular complexity index is 613. The molecule has 1 aromatic heterocycles. The number of hydrogen-bond acceptors (Lipinski definition) is 3. The minimum atomic E-state index is 0.315. The summed E-state index contributed by atoms with van der Waals surface area (Å²) in [4.78, 5) is 0. The lowest BCUT2D eigenvalue weighted by Crippen LogP contribution is -2.00. The van der Waals surface area contributed by atoms with Gasteiger partial charge in [0.15, 0.2) is 0 Å². The van der Waals surface area contributed by atoms with Gasteiger partial charge in [-0.05, 0) is 36.8 Å². The van der Waals surface area contributed by atoms with Crippen molar-refractivity contribution in [2.24, 2.45) is 0 Å². The van der Waals surface area contributed by atoms with Gasteiger partial charge >= 0.3 is 0 Å². The molecular formula is C16H16ClNO2. The summed E-state index contributed by atoms with van der Waals surface area (Å²) in [6, 6.07) is 11.0. The van der Waals surface area contributed by atoms with E-state index in [-0.39, 0.29) is 0 Å². The van der Waals surface area contributed by atoms with Crippen molar-refractivity contribution in [3.63, 3.8) is 0 Å². The molecule has 4 heteroatoms. The van der Waals surface area contributed by atoms with Crippen LogP contribution in [0.5, 0.6) is 5.75 Å². The average Bonchev–Trinajstić information content (AvgIpc) is 2.89. The third-order valence-electron chi connectivity index (χ3n) is 2.91. The minimum Gasteiger partial charge on any atom is -0.493 e. The quantitative estimate of drug-likeness (QED) is 0.732. The van der Waals surface area contributed by atoms with E-state index < -0.39 is 0 Å². The van der Waals surface area contributed by atoms with Gasteiger partial charge in [-0.15, -0.1) is 0 Å². The molecule has 0 saturated carbocycles. The molecule has 0 fully saturated rings. The fourth-order valence-electron chi connectivity index (χ4n) is 1.87. The van der Waals surface area contributed by atoms with Gasteiger partial charge in [0, 0.05) is 17.0 Å². The highest BCUT2D eigenvalue weighted by Crippen LogP contribution is 2.26. The van der Waals surface area contributed by atoms with E-state index in [2.05, 4.69) is 6.92 Å². The van der Waals surface area contributed by atoms with Gasteiger partial charge in [-0.2, -0.15) is 5.26 Å². The normalized spacial score (nSPS) is 10.2. The number of rotatable bonds is 6. The summed E-state index contributed by atoms with van der Waals surface area (Å²) < 4.78 is 11.2. The van der Waals surface area contributed by atoms with E-state index in [1.54, 1.807) is 12.1 Å². The molecule has 0 aliphatic carbocycles. The number of halogens is 1. The van der Waals surface area contributed by atoms with Crippen LogP contribution in [0.1, 0.15) is 36.8 Å². The smallest absolute Gasteiger partial charge is 0.203 e. The van der Waals surface area contributed by atoms with Gasteiger partial charge in [0.05, 0.1) is 6.61 Å². The van der Waals surface area contributed by atoms with Crippen LogP contribution in [-0.2, 0) is 6.42 Å². The molecule has 1 aromatic carbocycles. The van der Waals surface area contributed by atoms with Crippen molar-refractivity contribution in [2.45, 2.75) is 26.2 Å². The van der Waals surface area contributed by atoms with Gasteiger partial charge in [0.25, 0.3) is 0 Å². The lowest BCUT2D eigenvalue weighted by Gasteiger charge is -2.11. The highest BCUT2D eigenvalue weighted by atomic mass is 35.5. The minimum absolute atomic E-state index is 0.315. The monoisotopic (exact) mass is 289 g/mol. The van der Waals surface area contributed by atoms with Crippen molar-refractivity contribution >= 4 is 11.6 Å². The first-order chi connectivity index (χ1) is 9.72. The van der Waals surface area contributed by atoms with Crippen molar-refractivity contribution in [1.82, 2.24) is 0 Å². The summed E-state index contributed by atoms with van der Waals surface area (Å²) in [6.07, 6.45) is 2.66. The fraction of sp³-hybridized carbons (Fsp3) is 0.312. The van der Waals surface area contributed by atoms with Crippen molar-refractivity contribution in [3.05, 3.63) is 52.4 Å². The van der Waals surface area contributed by atoms with E-state index in [0.717, 1.165) is 29.9 Å². The summed E-state index contributed by atoms with van der Waals surface area (Å²) in [7, 11) is 0. The van der Waals surface area contributed by atoms with Crippen LogP contribution >= 0.6 is 11.6 Å². The Kier molecular flexibility index (Phi) is 5.09. The van der Waals surface area contributed by atoms with E-state index in [0.29, 0.717) is 23.8 Å². The highest BCUT2D eigenvalue weighted by Gasteiger charge is 2.09. The number of hydrogen-bond donors (Lipinski definition) is 0. The molecule has 2 aromatic rings. The van der Waals surface area contributed by atoms with E-state index in [4.69, 9.17) is 26.0 Å². The molecule has 0 bridgehead atoms. The van der Waals surface area contributed by atoms with Crippen molar-refractivity contribution < 1.29 is 9.15 Å². The van der Waals surface area contributed by atoms with E-state index in [1.807, 2.05) is 24.3 Å². The molecule has 2 rings (SSSR count). The Morgan fingerprint density at radius 1 is 1.30 bits per heavy atom. The largest absolute Gasteiger partial charge is 0.493 e. The van der Waals surface area contributed by atoms with Gasteiger partial charge in [0.1, 0.15) is 17.6 Å². The summed E-state index contributed by atoms with van der Waals surface area (Å²) in [5.41, 5.74) is 0.965. The van der Waals surface area contributed by atoms with Crippen LogP contribution in [0, 0.1) is 11.3 Å². The predicted octanol–water partition coefficient (Wildman–Crippen LogP) is 4.57. The molecule has 0 spiro atoms. The summed E-state index contributed by atoms with van der Waals surface area (Å²) >= 11 is 6.04. The first-order valence-electron chi connectivity index (χ1n) is 6.63. The Labute approximate surface area is 123 Å². The van der Waals surface area contributed by atoms with Crippen LogP contribution < -0.4 is 4.74 Å². The maximum absolute atomic E-state index is 8.77. The Balaban J connectivity index is 2.16. The van der Waals surface area contributed by atoms with Crippen molar-refractivity contribution in [3.8, 4) is 11.8 Å². The third kappa shape index (κ3) is 3.79. The van der Waals surface area contributed by atoms with Crippen LogP contribution in [0.2, 0.25) is 5.02 Å². The number of benzene rings is 1. The van der Waals surface area contributed by atoms with Crippen molar-refractivity contribution in [2.75, 3.05) is 6.61 Å². The molecule has 0 atom stereocenters. The van der Waals surface area contributed by atoms with E-state index in [9.17, 15) is 0 Å². The molecule has 104 valence electrons. The van der Waals surface area contributed by atoms with Crippen LogP contribution in [0.4, 0.5) is 0 Å². The predicted molar refractivity (Wildman–Crippen MR) is 78.1 cm³/mol. The standard InChI is InChI=1S/C16H16ClNO2/c1-2-3-8-19-16-7-4-13(17)9-12(16)10-14-5-6-15(11-18)20-14/h4-7,9H,2-3,8,10H2,1H3. The summed E-state index contributed by atoms with van der Waals surface area (Å²) in [5, 5.41) is 9.43. The number of unbranched alkanes of at least 4 members (excludes halogenated alkanes) is 1. The number of nitrogens with zero attached hydrogens (tertiary/aromatic N) is 1. The van der Waals surface area contributed by atoms with Crippen LogP contribution in [-0.4, -0.2) is 6.61 Å². The summed E-state index contributed by atoms with van der Waals surface area (Å²) in [6.45, 7) is 2.81. The highest BCUT2D eigenvalue weighted by molar-refractivity contribution is 6.30. The summed E-state index contributed by atoms with van der Waals surface area (Å²) in [5.74, 6) is 1.86. The zero-order valence-electron chi connectivity index (χ0n) is 11.4. The van der Waals surface area contributed by atoms with Gasteiger partial charge in [-0.3, -0.25) is 0 Å². The molecular weight excluding hydrogens is 274 g/mol. The third-order valence-corrected chi connectivity index (χ3v) is 3.15. The number of ether oxygens (including phenoxy) is 1. The van der Waals surface area contributed by atoms with Crippen LogP contribution in [0.3, 0.4) is 0 Å². The lowest BCUT2D eigenvalue weighted by molar-refractivity contribution is 0.306. The van der Waals surface area contributed by atoms with E-state index in [1.165, 1.54) is 0 Å². The molecule has 0 amide bonds. The Hall–Kier alpha value is -1.92. The Morgan fingerprint density at radius 2 is 2.15 bits per heavy atom. The van der Waals surface area contributed by atoms with Gasteiger partial charge < -0.3 is 9.15 Å². The lowest BCUT2D eigenvalue weighted by atomic mass is 10.1. The first-order valence-corrected chi connectivity index (χ1v) is 7.00. The second-order valence-corrected chi connectivity index (χ2v) is 4.95. The molecule has 20 heavy (non-hydrogen) atoms. The SMILES string of the molecule is CCCCOc1ccc(Cl)cc1Cc1ccc(C#N)o1. The van der Waals surface area contributed by atoms with Gasteiger partial charge in [-0.1, -0.05) is 24.9 Å². The van der Waals surface area contributed by atoms with Gasteiger partial charge in [-0.25, -0.2) is 0 Å². The number of furan rings is 1. The second-order valence-electron chi connectivity index (χ2n) is 4.51. The van der Waals surface area contributed by atoms with E-state index >= 15 is 0 Å². The maximum atomic E-state index is 8.77. The zero-order valence-corrected chi connectivity index (χ0v) is 12.1. The number of nitriles is 1. The molecule has 3 nitrogen and oxygen atoms in total. The Morgan fingerprint density at radius 3 is 2.85 bits per heavy atom. The molecule has 0 aliphatic rings. The molecule has 0 radical (unpaired) electrons. The molecule has 0 unspecified atom stereocenters. The fourth-order valence-corrected chi connectivity index (χ4v) is 2.07. The molecule has 0 N–H and O–H groups in total. The van der Waals surface area contributed by atoms with Crippen LogP contribution in [0.25, 0.3) is 0 Å². The molecule has 1 heterocycles. The van der Waals surface area contributed by atoms with Crippen LogP contribution in [0.15, 0.2) is 34.7 Å². The first kappa shape index (κ1) is 14.5. The zero-order chi connectivity index (χ0) is 14.4. The average molecular weight is 290 g/mol. The topological polar surface area (TPSA) is 46.2 Å². The van der Waals surface area contributed by atoms with Crippen molar-refractivity contribution in [1.29, 1.82) is 5.26 Å². The molecule has 0 saturated heterocycles. The maximum Gasteiger partial charge on any atom is 0.203 e. The molecule has 0 aliphatic heterocycles. The van der Waals surface area contributed by atoms with Gasteiger partial charge in [0.2, 0.25) is 5.76 Å².